The molecule has 0 amide bonds. The number of hydrogen-bond acceptors (Lipinski definition) is 6. The van der Waals surface area contributed by atoms with Crippen LogP contribution in [0.4, 0.5) is 0 Å². The van der Waals surface area contributed by atoms with E-state index in [1.807, 2.05) is 115 Å². The molecule has 0 radical (unpaired) electrons. The number of nitriles is 2. The van der Waals surface area contributed by atoms with Gasteiger partial charge in [0, 0.05) is 33.0 Å². The maximum Gasteiger partial charge on any atom is 0.164 e. The zero-order chi connectivity index (χ0) is 35.7. The Morgan fingerprint density at radius 1 is 0.396 bits per heavy atom. The molecule has 2 aromatic heterocycles. The van der Waals surface area contributed by atoms with E-state index in [0.29, 0.717) is 39.8 Å². The predicted molar refractivity (Wildman–Crippen MR) is 209 cm³/mol. The third-order valence-electron chi connectivity index (χ3n) is 9.38. The normalized spacial score (nSPS) is 11.0. The first kappa shape index (κ1) is 31.3. The quantitative estimate of drug-likeness (QED) is 0.174. The van der Waals surface area contributed by atoms with Crippen LogP contribution in [-0.2, 0) is 0 Å². The third kappa shape index (κ3) is 5.87. The summed E-state index contributed by atoms with van der Waals surface area (Å²) in [6.07, 6.45) is 0. The minimum Gasteiger partial charge on any atom is -0.455 e. The Balaban J connectivity index is 1.29. The minimum atomic E-state index is 0.513. The summed E-state index contributed by atoms with van der Waals surface area (Å²) < 4.78 is 6.69. The van der Waals surface area contributed by atoms with E-state index < -0.39 is 0 Å². The molecule has 0 saturated heterocycles. The zero-order valence-electron chi connectivity index (χ0n) is 28.2. The summed E-state index contributed by atoms with van der Waals surface area (Å²) in [7, 11) is 0. The van der Waals surface area contributed by atoms with Gasteiger partial charge < -0.3 is 4.42 Å². The lowest BCUT2D eigenvalue weighted by Gasteiger charge is -2.11. The molecule has 6 nitrogen and oxygen atoms in total. The van der Waals surface area contributed by atoms with Crippen LogP contribution < -0.4 is 0 Å². The van der Waals surface area contributed by atoms with E-state index in [2.05, 4.69) is 48.5 Å². The van der Waals surface area contributed by atoms with Crippen molar-refractivity contribution < 1.29 is 4.42 Å². The highest BCUT2D eigenvalue weighted by Crippen LogP contribution is 2.43. The molecule has 0 bridgehead atoms. The van der Waals surface area contributed by atoms with Gasteiger partial charge in [-0.2, -0.15) is 10.5 Å². The van der Waals surface area contributed by atoms with Gasteiger partial charge in [0.2, 0.25) is 0 Å². The van der Waals surface area contributed by atoms with Crippen molar-refractivity contribution in [2.75, 3.05) is 0 Å². The van der Waals surface area contributed by atoms with Crippen molar-refractivity contribution in [3.63, 3.8) is 0 Å². The monoisotopic (exact) mass is 677 g/mol. The SMILES string of the molecule is N#Cc1cccc(-c2cc(-c3cccc(C#N)c3)c3oc4cccc(-c5nc(-c6ccccc6)nc(-c6ccc(-c7ccccc7)cc6)n5)c4c3c2)c1. The molecular formula is C47H27N5O. The van der Waals surface area contributed by atoms with Crippen molar-refractivity contribution in [3.8, 4) is 79.7 Å². The van der Waals surface area contributed by atoms with Gasteiger partial charge in [0.25, 0.3) is 0 Å². The lowest BCUT2D eigenvalue weighted by atomic mass is 9.93. The second-order valence-corrected chi connectivity index (χ2v) is 12.7. The van der Waals surface area contributed by atoms with E-state index in [-0.39, 0.29) is 0 Å². The van der Waals surface area contributed by atoms with Crippen molar-refractivity contribution >= 4 is 21.9 Å². The standard InChI is InChI=1S/C47H27N5O/c48-28-30-10-7-16-36(24-30)38-26-40(37-17-8-11-31(25-37)29-49)44-41(27-38)43-39(18-9-19-42(43)53-44)47-51-45(34-14-5-2-6-15-34)50-46(52-47)35-22-20-33(21-23-35)32-12-3-1-4-13-32/h1-27H. The van der Waals surface area contributed by atoms with Crippen LogP contribution in [0.25, 0.3) is 89.5 Å². The molecule has 0 fully saturated rings. The highest BCUT2D eigenvalue weighted by molar-refractivity contribution is 6.16. The first-order valence-electron chi connectivity index (χ1n) is 17.1. The molecule has 0 aliphatic carbocycles. The highest BCUT2D eigenvalue weighted by Gasteiger charge is 2.21. The largest absolute Gasteiger partial charge is 0.455 e. The number of aromatic nitrogens is 3. The summed E-state index contributed by atoms with van der Waals surface area (Å²) in [5, 5.41) is 21.2. The lowest BCUT2D eigenvalue weighted by Crippen LogP contribution is -2.00. The molecule has 0 N–H and O–H groups in total. The number of rotatable bonds is 6. The van der Waals surface area contributed by atoms with Gasteiger partial charge in [-0.3, -0.25) is 0 Å². The molecule has 9 aromatic rings. The Kier molecular flexibility index (Phi) is 7.82. The molecule has 2 heterocycles. The summed E-state index contributed by atoms with van der Waals surface area (Å²) in [6, 6.07) is 58.1. The molecule has 6 heteroatoms. The summed E-state index contributed by atoms with van der Waals surface area (Å²) >= 11 is 0. The molecule has 0 saturated carbocycles. The minimum absolute atomic E-state index is 0.513. The van der Waals surface area contributed by atoms with Crippen LogP contribution in [0.2, 0.25) is 0 Å². The fraction of sp³-hybridized carbons (Fsp3) is 0. The Morgan fingerprint density at radius 2 is 0.925 bits per heavy atom. The van der Waals surface area contributed by atoms with E-state index >= 15 is 0 Å². The summed E-state index contributed by atoms with van der Waals surface area (Å²) in [4.78, 5) is 15.2. The van der Waals surface area contributed by atoms with Crippen molar-refractivity contribution in [2.45, 2.75) is 0 Å². The van der Waals surface area contributed by atoms with E-state index in [9.17, 15) is 10.5 Å². The first-order chi connectivity index (χ1) is 26.1. The maximum absolute atomic E-state index is 9.74. The number of benzene rings is 7. The fourth-order valence-electron chi connectivity index (χ4n) is 6.80. The van der Waals surface area contributed by atoms with Gasteiger partial charge in [-0.05, 0) is 70.3 Å². The molecule has 246 valence electrons. The van der Waals surface area contributed by atoms with E-state index in [1.165, 1.54) is 0 Å². The lowest BCUT2D eigenvalue weighted by molar-refractivity contribution is 0.670. The van der Waals surface area contributed by atoms with Gasteiger partial charge in [-0.1, -0.05) is 121 Å². The first-order valence-corrected chi connectivity index (χ1v) is 17.1. The van der Waals surface area contributed by atoms with Crippen LogP contribution in [0.5, 0.6) is 0 Å². The van der Waals surface area contributed by atoms with Gasteiger partial charge in [-0.25, -0.2) is 15.0 Å². The van der Waals surface area contributed by atoms with Gasteiger partial charge in [0.1, 0.15) is 11.2 Å². The van der Waals surface area contributed by atoms with Crippen LogP contribution in [0.15, 0.2) is 168 Å². The molecule has 7 aromatic carbocycles. The number of fused-ring (bicyclic) bond motifs is 3. The molecule has 9 rings (SSSR count). The average molecular weight is 678 g/mol. The Bertz CT molecular complexity index is 2900. The van der Waals surface area contributed by atoms with Crippen LogP contribution in [0, 0.1) is 22.7 Å². The summed E-state index contributed by atoms with van der Waals surface area (Å²) in [5.41, 5.74) is 10.7. The smallest absolute Gasteiger partial charge is 0.164 e. The predicted octanol–water partition coefficient (Wildman–Crippen LogP) is 11.5. The van der Waals surface area contributed by atoms with Crippen molar-refractivity contribution in [2.24, 2.45) is 0 Å². The number of hydrogen-bond donors (Lipinski definition) is 0. The molecule has 0 aliphatic rings. The van der Waals surface area contributed by atoms with Crippen LogP contribution >= 0.6 is 0 Å². The third-order valence-corrected chi connectivity index (χ3v) is 9.38. The Hall–Kier alpha value is -7.67. The molecule has 0 atom stereocenters. The second kappa shape index (κ2) is 13.2. The van der Waals surface area contributed by atoms with Gasteiger partial charge in [0.15, 0.2) is 17.5 Å². The number of nitrogens with zero attached hydrogens (tertiary/aromatic N) is 5. The zero-order valence-corrected chi connectivity index (χ0v) is 28.2. The Morgan fingerprint density at radius 3 is 1.60 bits per heavy atom. The van der Waals surface area contributed by atoms with E-state index in [4.69, 9.17) is 19.4 Å². The van der Waals surface area contributed by atoms with Crippen molar-refractivity contribution in [3.05, 3.63) is 175 Å². The summed E-state index contributed by atoms with van der Waals surface area (Å²) in [5.74, 6) is 1.63. The Labute approximate surface area is 305 Å². The fourth-order valence-corrected chi connectivity index (χ4v) is 6.80. The molecule has 53 heavy (non-hydrogen) atoms. The van der Waals surface area contributed by atoms with Crippen LogP contribution in [0.3, 0.4) is 0 Å². The van der Waals surface area contributed by atoms with E-state index in [0.717, 1.165) is 60.8 Å². The molecule has 0 aliphatic heterocycles. The van der Waals surface area contributed by atoms with Crippen molar-refractivity contribution in [1.82, 2.24) is 15.0 Å². The second-order valence-electron chi connectivity index (χ2n) is 12.7. The highest BCUT2D eigenvalue weighted by atomic mass is 16.3. The molecular weight excluding hydrogens is 651 g/mol. The summed E-state index contributed by atoms with van der Waals surface area (Å²) in [6.45, 7) is 0. The van der Waals surface area contributed by atoms with Crippen LogP contribution in [0.1, 0.15) is 11.1 Å². The van der Waals surface area contributed by atoms with E-state index in [1.54, 1.807) is 12.1 Å². The van der Waals surface area contributed by atoms with Crippen LogP contribution in [-0.4, -0.2) is 15.0 Å². The molecule has 0 spiro atoms. The van der Waals surface area contributed by atoms with Crippen molar-refractivity contribution in [1.29, 1.82) is 10.5 Å². The van der Waals surface area contributed by atoms with Gasteiger partial charge >= 0.3 is 0 Å². The topological polar surface area (TPSA) is 99.4 Å². The maximum atomic E-state index is 9.74. The van der Waals surface area contributed by atoms with Gasteiger partial charge in [0.05, 0.1) is 23.3 Å². The molecule has 0 unspecified atom stereocenters. The number of furan rings is 1. The van der Waals surface area contributed by atoms with Gasteiger partial charge in [-0.15, -0.1) is 0 Å². The average Bonchev–Trinajstić information content (AvgIpc) is 3.63.